The lowest BCUT2D eigenvalue weighted by Crippen LogP contribution is -2.40. The van der Waals surface area contributed by atoms with Crippen LogP contribution in [0, 0.1) is 0 Å². The lowest BCUT2D eigenvalue weighted by molar-refractivity contribution is 0.0736. The van der Waals surface area contributed by atoms with E-state index in [1.54, 1.807) is 6.07 Å². The van der Waals surface area contributed by atoms with Crippen molar-refractivity contribution in [2.45, 2.75) is 32.7 Å². The minimum absolute atomic E-state index is 0. The molecule has 1 amide bonds. The van der Waals surface area contributed by atoms with Crippen LogP contribution in [0.5, 0.6) is 11.5 Å². The monoisotopic (exact) mass is 342 g/mol. The van der Waals surface area contributed by atoms with Crippen LogP contribution in [-0.2, 0) is 0 Å². The molecule has 0 aliphatic carbocycles. The third kappa shape index (κ3) is 4.75. The van der Waals surface area contributed by atoms with Gasteiger partial charge in [0.2, 0.25) is 0 Å². The second kappa shape index (κ2) is 9.63. The first-order valence-corrected chi connectivity index (χ1v) is 8.06. The van der Waals surface area contributed by atoms with Gasteiger partial charge in [0.25, 0.3) is 5.91 Å². The zero-order valence-corrected chi connectivity index (χ0v) is 14.9. The number of benzene rings is 1. The van der Waals surface area contributed by atoms with Crippen LogP contribution < -0.4 is 14.8 Å². The topological polar surface area (TPSA) is 50.8 Å². The number of hydrogen-bond acceptors (Lipinski definition) is 4. The molecular weight excluding hydrogens is 316 g/mol. The van der Waals surface area contributed by atoms with Crippen molar-refractivity contribution in [3.05, 3.63) is 23.8 Å². The van der Waals surface area contributed by atoms with Crippen LogP contribution in [0.1, 0.15) is 37.0 Å². The van der Waals surface area contributed by atoms with E-state index >= 15 is 0 Å². The van der Waals surface area contributed by atoms with Crippen LogP contribution in [0.4, 0.5) is 0 Å². The average Bonchev–Trinajstić information content (AvgIpc) is 2.97. The largest absolute Gasteiger partial charge is 0.490 e. The van der Waals surface area contributed by atoms with Gasteiger partial charge in [-0.3, -0.25) is 4.79 Å². The molecule has 0 aromatic heterocycles. The van der Waals surface area contributed by atoms with E-state index in [9.17, 15) is 4.79 Å². The van der Waals surface area contributed by atoms with Crippen LogP contribution in [0.15, 0.2) is 18.2 Å². The Bertz CT molecular complexity index is 511. The van der Waals surface area contributed by atoms with Gasteiger partial charge in [0.1, 0.15) is 0 Å². The van der Waals surface area contributed by atoms with Gasteiger partial charge < -0.3 is 19.7 Å². The Morgan fingerprint density at radius 2 is 1.96 bits per heavy atom. The van der Waals surface area contributed by atoms with E-state index in [0.29, 0.717) is 30.3 Å². The number of likely N-dealkylation sites (tertiary alicyclic amines) is 1. The fourth-order valence-corrected chi connectivity index (χ4v) is 2.90. The minimum atomic E-state index is 0. The molecule has 1 N–H and O–H groups in total. The molecule has 1 unspecified atom stereocenters. The molecule has 2 rings (SSSR count). The maximum Gasteiger partial charge on any atom is 0.254 e. The molecule has 1 aromatic carbocycles. The highest BCUT2D eigenvalue weighted by molar-refractivity contribution is 5.95. The maximum atomic E-state index is 12.8. The zero-order chi connectivity index (χ0) is 15.9. The molecule has 1 saturated heterocycles. The number of carbonyl (C=O) groups excluding carboxylic acids is 1. The van der Waals surface area contributed by atoms with E-state index in [4.69, 9.17) is 9.47 Å². The van der Waals surface area contributed by atoms with Gasteiger partial charge in [-0.2, -0.15) is 0 Å². The minimum Gasteiger partial charge on any atom is -0.490 e. The third-order valence-electron chi connectivity index (χ3n) is 3.87. The molecule has 23 heavy (non-hydrogen) atoms. The van der Waals surface area contributed by atoms with Crippen molar-refractivity contribution in [1.29, 1.82) is 0 Å². The van der Waals surface area contributed by atoms with E-state index in [1.165, 1.54) is 0 Å². The number of nitrogens with zero attached hydrogens (tertiary/aromatic N) is 1. The van der Waals surface area contributed by atoms with Crippen LogP contribution in [-0.4, -0.2) is 50.2 Å². The first kappa shape index (κ1) is 19.6. The van der Waals surface area contributed by atoms with Gasteiger partial charge in [0, 0.05) is 24.7 Å². The van der Waals surface area contributed by atoms with Crippen LogP contribution >= 0.6 is 12.4 Å². The summed E-state index contributed by atoms with van der Waals surface area (Å²) in [7, 11) is 1.92. The van der Waals surface area contributed by atoms with E-state index < -0.39 is 0 Å². The summed E-state index contributed by atoms with van der Waals surface area (Å²) in [4.78, 5) is 14.7. The first-order valence-electron chi connectivity index (χ1n) is 8.06. The normalized spacial score (nSPS) is 16.8. The number of hydrogen-bond donors (Lipinski definition) is 1. The zero-order valence-electron chi connectivity index (χ0n) is 14.1. The predicted octanol–water partition coefficient (Wildman–Crippen LogP) is 2.73. The predicted molar refractivity (Wildman–Crippen MR) is 94.0 cm³/mol. The molecule has 130 valence electrons. The highest BCUT2D eigenvalue weighted by atomic mass is 35.5. The maximum absolute atomic E-state index is 12.8. The third-order valence-corrected chi connectivity index (χ3v) is 3.87. The smallest absolute Gasteiger partial charge is 0.254 e. The summed E-state index contributed by atoms with van der Waals surface area (Å²) in [5.41, 5.74) is 0.662. The summed E-state index contributed by atoms with van der Waals surface area (Å²) in [5, 5.41) is 3.16. The molecule has 1 aliphatic heterocycles. The summed E-state index contributed by atoms with van der Waals surface area (Å²) in [6.45, 7) is 6.63. The Balaban J connectivity index is 0.00000264. The average molecular weight is 343 g/mol. The van der Waals surface area contributed by atoms with Crippen molar-refractivity contribution in [3.8, 4) is 11.5 Å². The Morgan fingerprint density at radius 1 is 1.26 bits per heavy atom. The molecule has 0 spiro atoms. The summed E-state index contributed by atoms with van der Waals surface area (Å²) in [6.07, 6.45) is 2.12. The summed E-state index contributed by atoms with van der Waals surface area (Å²) in [6, 6.07) is 5.72. The fourth-order valence-electron chi connectivity index (χ4n) is 2.90. The second-order valence-corrected chi connectivity index (χ2v) is 5.38. The van der Waals surface area contributed by atoms with E-state index in [0.717, 1.165) is 25.9 Å². The van der Waals surface area contributed by atoms with Crippen molar-refractivity contribution < 1.29 is 14.3 Å². The standard InChI is InChI=1S/C17H26N2O3.ClH/c1-4-21-15-9-8-13(11-16(15)22-5-2)17(20)19-10-6-7-14(19)12-18-3;/h8-9,11,14,18H,4-7,10,12H2,1-3H3;1H. The van der Waals surface area contributed by atoms with Gasteiger partial charge >= 0.3 is 0 Å². The van der Waals surface area contributed by atoms with Crippen molar-refractivity contribution in [2.75, 3.05) is 33.4 Å². The van der Waals surface area contributed by atoms with E-state index in [2.05, 4.69) is 5.32 Å². The summed E-state index contributed by atoms with van der Waals surface area (Å²) < 4.78 is 11.2. The molecule has 5 nitrogen and oxygen atoms in total. The molecule has 1 aliphatic rings. The molecule has 1 aromatic rings. The highest BCUT2D eigenvalue weighted by Crippen LogP contribution is 2.30. The summed E-state index contributed by atoms with van der Waals surface area (Å²) >= 11 is 0. The van der Waals surface area contributed by atoms with Gasteiger partial charge in [0.15, 0.2) is 11.5 Å². The lowest BCUT2D eigenvalue weighted by atomic mass is 10.1. The van der Waals surface area contributed by atoms with E-state index in [1.807, 2.05) is 37.9 Å². The molecule has 0 saturated carbocycles. The van der Waals surface area contributed by atoms with Gasteiger partial charge in [-0.1, -0.05) is 0 Å². The van der Waals surface area contributed by atoms with Gasteiger partial charge in [-0.05, 0) is 51.9 Å². The lowest BCUT2D eigenvalue weighted by Gasteiger charge is -2.25. The molecule has 1 atom stereocenters. The van der Waals surface area contributed by atoms with Crippen molar-refractivity contribution in [1.82, 2.24) is 10.2 Å². The first-order chi connectivity index (χ1) is 10.7. The molecule has 1 fully saturated rings. The SMILES string of the molecule is CCOc1ccc(C(=O)N2CCCC2CNC)cc1OCC.Cl. The van der Waals surface area contributed by atoms with Gasteiger partial charge in [-0.25, -0.2) is 0 Å². The van der Waals surface area contributed by atoms with Crippen molar-refractivity contribution in [3.63, 3.8) is 0 Å². The van der Waals surface area contributed by atoms with Crippen LogP contribution in [0.25, 0.3) is 0 Å². The number of carbonyl (C=O) groups is 1. The highest BCUT2D eigenvalue weighted by Gasteiger charge is 2.29. The number of halogens is 1. The van der Waals surface area contributed by atoms with E-state index in [-0.39, 0.29) is 24.4 Å². The molecular formula is C17H27ClN2O3. The molecule has 1 heterocycles. The second-order valence-electron chi connectivity index (χ2n) is 5.38. The molecule has 0 radical (unpaired) electrons. The quantitative estimate of drug-likeness (QED) is 0.827. The van der Waals surface area contributed by atoms with Crippen molar-refractivity contribution >= 4 is 18.3 Å². The Hall–Kier alpha value is -1.46. The number of nitrogens with one attached hydrogen (secondary N) is 1. The van der Waals surface area contributed by atoms with Crippen LogP contribution in [0.3, 0.4) is 0 Å². The Kier molecular flexibility index (Phi) is 8.20. The van der Waals surface area contributed by atoms with Crippen LogP contribution in [0.2, 0.25) is 0 Å². The van der Waals surface area contributed by atoms with Crippen molar-refractivity contribution in [2.24, 2.45) is 0 Å². The number of likely N-dealkylation sites (N-methyl/N-ethyl adjacent to an activating group) is 1. The fraction of sp³-hybridized carbons (Fsp3) is 0.588. The van der Waals surface area contributed by atoms with Gasteiger partial charge in [0.05, 0.1) is 13.2 Å². The molecule has 0 bridgehead atoms. The number of rotatable bonds is 7. The number of amides is 1. The summed E-state index contributed by atoms with van der Waals surface area (Å²) in [5.74, 6) is 1.40. The Labute approximate surface area is 144 Å². The molecule has 6 heteroatoms. The Morgan fingerprint density at radius 3 is 2.61 bits per heavy atom. The van der Waals surface area contributed by atoms with Gasteiger partial charge in [-0.15, -0.1) is 12.4 Å². The number of ether oxygens (including phenoxy) is 2.